The molecule has 7 nitrogen and oxygen atoms in total. The van der Waals surface area contributed by atoms with Crippen LogP contribution in [0.4, 0.5) is 17.6 Å². The molecule has 0 aromatic heterocycles. The van der Waals surface area contributed by atoms with Crippen molar-refractivity contribution in [2.75, 3.05) is 19.7 Å². The van der Waals surface area contributed by atoms with Crippen LogP contribution in [0, 0.1) is 11.3 Å². The molecule has 1 heterocycles. The summed E-state index contributed by atoms with van der Waals surface area (Å²) in [7, 11) is 0. The molecule has 36 heavy (non-hydrogen) atoms. The van der Waals surface area contributed by atoms with Crippen LogP contribution in [0.25, 0.3) is 0 Å². The molecular formula is C24H36ClF4N3O4. The third-order valence-electron chi connectivity index (χ3n) is 8.77. The van der Waals surface area contributed by atoms with Crippen molar-refractivity contribution in [3.8, 4) is 0 Å². The molecule has 2 bridgehead atoms. The maximum atomic E-state index is 13.8. The molecule has 4 saturated carbocycles. The first-order chi connectivity index (χ1) is 16.9. The van der Waals surface area contributed by atoms with Crippen molar-refractivity contribution in [1.82, 2.24) is 16.0 Å². The first-order valence-corrected chi connectivity index (χ1v) is 13.3. The van der Waals surface area contributed by atoms with Crippen LogP contribution in [0.2, 0.25) is 0 Å². The molecule has 1 saturated heterocycles. The van der Waals surface area contributed by atoms with E-state index in [0.717, 1.165) is 0 Å². The van der Waals surface area contributed by atoms with Crippen molar-refractivity contribution in [3.63, 3.8) is 0 Å². The van der Waals surface area contributed by atoms with Crippen LogP contribution in [-0.4, -0.2) is 78.1 Å². The number of rotatable bonds is 7. The molecule has 6 unspecified atom stereocenters. The molecule has 5 rings (SSSR count). The number of amides is 2. The Morgan fingerprint density at radius 1 is 1.11 bits per heavy atom. The maximum absolute atomic E-state index is 13.8. The minimum absolute atomic E-state index is 0.0369. The molecule has 206 valence electrons. The molecule has 0 aromatic carbocycles. The first kappa shape index (κ1) is 27.9. The van der Waals surface area contributed by atoms with Gasteiger partial charge in [0.15, 0.2) is 0 Å². The zero-order valence-electron chi connectivity index (χ0n) is 20.2. The highest BCUT2D eigenvalue weighted by Crippen LogP contribution is 2.52. The summed E-state index contributed by atoms with van der Waals surface area (Å²) in [5.74, 6) is -1.93. The zero-order valence-corrected chi connectivity index (χ0v) is 21.0. The molecule has 0 radical (unpaired) electrons. The summed E-state index contributed by atoms with van der Waals surface area (Å²) in [6.45, 7) is -0.137. The average Bonchev–Trinajstić information content (AvgIpc) is 2.84. The second-order valence-electron chi connectivity index (χ2n) is 11.1. The summed E-state index contributed by atoms with van der Waals surface area (Å²) in [6.07, 6.45) is -2.96. The summed E-state index contributed by atoms with van der Waals surface area (Å²) in [5.41, 5.74) is -1.57. The van der Waals surface area contributed by atoms with Gasteiger partial charge in [-0.1, -0.05) is 0 Å². The second kappa shape index (κ2) is 10.9. The van der Waals surface area contributed by atoms with E-state index < -0.39 is 40.7 Å². The van der Waals surface area contributed by atoms with Crippen LogP contribution in [0.15, 0.2) is 0 Å². The van der Waals surface area contributed by atoms with E-state index >= 15 is 0 Å². The van der Waals surface area contributed by atoms with Crippen LogP contribution in [0.5, 0.6) is 0 Å². The maximum Gasteiger partial charge on any atom is 0.393 e. The number of carbonyl (C=O) groups excluding carboxylic acids is 2. The SMILES string of the molecule is O=C(COC1CCC(Cl)C(F)C1)NC12CCC(C(=O)NCC3CCC(C(F)(F)F)CN3)(CC1)CC2O. The number of carbonyl (C=O) groups is 2. The van der Waals surface area contributed by atoms with Crippen molar-refractivity contribution in [2.45, 2.75) is 106 Å². The minimum Gasteiger partial charge on any atom is -0.391 e. The summed E-state index contributed by atoms with van der Waals surface area (Å²) >= 11 is 5.89. The molecule has 4 aliphatic carbocycles. The minimum atomic E-state index is -4.21. The molecule has 2 amide bonds. The Morgan fingerprint density at radius 3 is 2.42 bits per heavy atom. The number of fused-ring (bicyclic) bond motifs is 3. The number of hydrogen-bond donors (Lipinski definition) is 4. The lowest BCUT2D eigenvalue weighted by Crippen LogP contribution is -2.67. The molecule has 5 fully saturated rings. The Hall–Kier alpha value is -1.17. The van der Waals surface area contributed by atoms with Crippen molar-refractivity contribution < 1.29 is 37.0 Å². The molecule has 6 atom stereocenters. The van der Waals surface area contributed by atoms with Gasteiger partial charge < -0.3 is 25.8 Å². The van der Waals surface area contributed by atoms with Gasteiger partial charge in [-0.15, -0.1) is 11.6 Å². The third kappa shape index (κ3) is 6.10. The highest BCUT2D eigenvalue weighted by molar-refractivity contribution is 6.21. The van der Waals surface area contributed by atoms with Gasteiger partial charge in [0.25, 0.3) is 0 Å². The number of aliphatic hydroxyl groups excluding tert-OH is 1. The molecule has 0 spiro atoms. The second-order valence-corrected chi connectivity index (χ2v) is 11.7. The van der Waals surface area contributed by atoms with E-state index in [2.05, 4.69) is 16.0 Å². The largest absolute Gasteiger partial charge is 0.393 e. The van der Waals surface area contributed by atoms with Crippen LogP contribution in [0.3, 0.4) is 0 Å². The lowest BCUT2D eigenvalue weighted by molar-refractivity contribution is -0.179. The van der Waals surface area contributed by atoms with Gasteiger partial charge in [0.2, 0.25) is 11.8 Å². The number of hydrogen-bond acceptors (Lipinski definition) is 5. The summed E-state index contributed by atoms with van der Waals surface area (Å²) in [6, 6.07) is -0.216. The van der Waals surface area contributed by atoms with Crippen LogP contribution < -0.4 is 16.0 Å². The number of alkyl halides is 5. The Morgan fingerprint density at radius 2 is 1.83 bits per heavy atom. The monoisotopic (exact) mass is 541 g/mol. The van der Waals surface area contributed by atoms with Crippen molar-refractivity contribution >= 4 is 23.4 Å². The average molecular weight is 542 g/mol. The first-order valence-electron chi connectivity index (χ1n) is 12.9. The van der Waals surface area contributed by atoms with E-state index in [9.17, 15) is 32.3 Å². The Bertz CT molecular complexity index is 801. The fourth-order valence-electron chi connectivity index (χ4n) is 6.28. The Balaban J connectivity index is 1.22. The van der Waals surface area contributed by atoms with E-state index in [0.29, 0.717) is 44.9 Å². The zero-order chi connectivity index (χ0) is 26.1. The topological polar surface area (TPSA) is 99.7 Å². The van der Waals surface area contributed by atoms with Crippen LogP contribution >= 0.6 is 11.6 Å². The van der Waals surface area contributed by atoms with Gasteiger partial charge in [0.1, 0.15) is 12.8 Å². The van der Waals surface area contributed by atoms with E-state index in [-0.39, 0.29) is 62.9 Å². The van der Waals surface area contributed by atoms with Gasteiger partial charge in [0.05, 0.1) is 34.5 Å². The van der Waals surface area contributed by atoms with Crippen LogP contribution in [-0.2, 0) is 14.3 Å². The molecule has 12 heteroatoms. The van der Waals surface area contributed by atoms with Crippen LogP contribution in [0.1, 0.15) is 64.2 Å². The van der Waals surface area contributed by atoms with Gasteiger partial charge in [-0.3, -0.25) is 9.59 Å². The van der Waals surface area contributed by atoms with E-state index in [1.165, 1.54) is 0 Å². The molecule has 4 N–H and O–H groups in total. The highest BCUT2D eigenvalue weighted by atomic mass is 35.5. The Kier molecular flexibility index (Phi) is 8.44. The fraction of sp³-hybridized carbons (Fsp3) is 0.917. The number of ether oxygens (including phenoxy) is 1. The van der Waals surface area contributed by atoms with E-state index in [1.807, 2.05) is 0 Å². The van der Waals surface area contributed by atoms with Gasteiger partial charge in [-0.05, 0) is 57.8 Å². The standard InChI is InChI=1S/C24H36ClF4N3O4/c25-17-4-3-16(9-18(17)26)36-13-20(34)32-23-7-5-22(6-8-23,10-19(23)33)21(35)31-12-15-2-1-14(11-30-15)24(27,28)29/h14-19,30,33H,1-13H2,(H,31,35)(H,32,34). The summed E-state index contributed by atoms with van der Waals surface area (Å²) < 4.78 is 57.9. The van der Waals surface area contributed by atoms with E-state index in [1.54, 1.807) is 0 Å². The van der Waals surface area contributed by atoms with Gasteiger partial charge in [-0.25, -0.2) is 4.39 Å². The van der Waals surface area contributed by atoms with E-state index in [4.69, 9.17) is 16.3 Å². The number of halogens is 5. The third-order valence-corrected chi connectivity index (χ3v) is 9.27. The normalized spacial score (nSPS) is 41.1. The van der Waals surface area contributed by atoms with Crippen molar-refractivity contribution in [1.29, 1.82) is 0 Å². The fourth-order valence-corrected chi connectivity index (χ4v) is 6.51. The lowest BCUT2D eigenvalue weighted by Gasteiger charge is -2.55. The van der Waals surface area contributed by atoms with Crippen molar-refractivity contribution in [3.05, 3.63) is 0 Å². The molecule has 1 aliphatic heterocycles. The highest BCUT2D eigenvalue weighted by Gasteiger charge is 2.57. The smallest absolute Gasteiger partial charge is 0.391 e. The van der Waals surface area contributed by atoms with Gasteiger partial charge in [0, 0.05) is 25.6 Å². The summed E-state index contributed by atoms with van der Waals surface area (Å²) in [5, 5.41) is 19.1. The Labute approximate surface area is 213 Å². The number of nitrogens with one attached hydrogen (secondary N) is 3. The quantitative estimate of drug-likeness (QED) is 0.293. The van der Waals surface area contributed by atoms with Gasteiger partial charge in [-0.2, -0.15) is 13.2 Å². The molecule has 5 aliphatic rings. The number of aliphatic hydroxyl groups is 1. The lowest BCUT2D eigenvalue weighted by atomic mass is 9.55. The predicted molar refractivity (Wildman–Crippen MR) is 124 cm³/mol. The predicted octanol–water partition coefficient (Wildman–Crippen LogP) is 2.73. The summed E-state index contributed by atoms with van der Waals surface area (Å²) in [4.78, 5) is 25.6. The van der Waals surface area contributed by atoms with Crippen molar-refractivity contribution in [2.24, 2.45) is 11.3 Å². The molecular weight excluding hydrogens is 506 g/mol. The molecule has 0 aromatic rings. The van der Waals surface area contributed by atoms with Gasteiger partial charge >= 0.3 is 6.18 Å². The number of piperidine rings is 1.